The lowest BCUT2D eigenvalue weighted by Crippen LogP contribution is -2.58. The Balaban J connectivity index is 2.97. The minimum Gasteiger partial charge on any atom is -0.339 e. The zero-order valence-corrected chi connectivity index (χ0v) is 18.1. The fourth-order valence-corrected chi connectivity index (χ4v) is 2.35. The Kier molecular flexibility index (Phi) is 7.92. The van der Waals surface area contributed by atoms with E-state index in [1.54, 1.807) is 20.8 Å². The van der Waals surface area contributed by atoms with E-state index in [-0.39, 0.29) is 15.8 Å². The molecule has 0 aliphatic carbocycles. The van der Waals surface area contributed by atoms with E-state index in [1.165, 1.54) is 0 Å². The lowest BCUT2D eigenvalue weighted by atomic mass is 9.95. The van der Waals surface area contributed by atoms with E-state index in [1.807, 2.05) is 0 Å². The van der Waals surface area contributed by atoms with Gasteiger partial charge in [-0.3, -0.25) is 4.79 Å². The first-order valence-corrected chi connectivity index (χ1v) is 9.26. The van der Waals surface area contributed by atoms with Gasteiger partial charge in [0.2, 0.25) is 9.70 Å². The first-order valence-electron chi connectivity index (χ1n) is 7.34. The number of rotatable bonds is 3. The van der Waals surface area contributed by atoms with Crippen LogP contribution < -0.4 is 16.0 Å². The van der Waals surface area contributed by atoms with Crippen molar-refractivity contribution >= 4 is 75.3 Å². The number of halogens is 7. The Bertz CT molecular complexity index is 718. The molecule has 0 saturated carbocycles. The van der Waals surface area contributed by atoms with Gasteiger partial charge in [0.05, 0.1) is 16.3 Å². The SMILES string of the molecule is CC(C)(C)C(=O)NC(NC(=S)Nc1cc(C(F)(F)F)ccc1Cl)C(Cl)(Cl)Cl. The fourth-order valence-electron chi connectivity index (χ4n) is 1.63. The maximum absolute atomic E-state index is 12.8. The van der Waals surface area contributed by atoms with Crippen LogP contribution in [0.1, 0.15) is 26.3 Å². The highest BCUT2D eigenvalue weighted by Gasteiger charge is 2.37. The second-order valence-corrected chi connectivity index (χ2v) is 9.67. The number of amides is 1. The molecule has 0 aromatic heterocycles. The molecule has 0 saturated heterocycles. The molecular weight excluding hydrogens is 469 g/mol. The van der Waals surface area contributed by atoms with Gasteiger partial charge in [-0.2, -0.15) is 13.2 Å². The van der Waals surface area contributed by atoms with Crippen LogP contribution in [0.25, 0.3) is 0 Å². The van der Waals surface area contributed by atoms with Gasteiger partial charge in [-0.15, -0.1) is 0 Å². The summed E-state index contributed by atoms with van der Waals surface area (Å²) in [6.07, 6.45) is -5.81. The summed E-state index contributed by atoms with van der Waals surface area (Å²) in [7, 11) is 0. The molecule has 0 aliphatic rings. The molecule has 0 aliphatic heterocycles. The van der Waals surface area contributed by atoms with Gasteiger partial charge in [-0.25, -0.2) is 0 Å². The predicted octanol–water partition coefficient (Wildman–Crippen LogP) is 5.50. The molecule has 0 bridgehead atoms. The average molecular weight is 485 g/mol. The van der Waals surface area contributed by atoms with Crippen molar-refractivity contribution in [3.8, 4) is 0 Å². The zero-order valence-electron chi connectivity index (χ0n) is 14.3. The van der Waals surface area contributed by atoms with Gasteiger partial charge in [0, 0.05) is 5.41 Å². The van der Waals surface area contributed by atoms with Gasteiger partial charge in [-0.1, -0.05) is 67.2 Å². The van der Waals surface area contributed by atoms with E-state index in [2.05, 4.69) is 16.0 Å². The molecule has 152 valence electrons. The Labute approximate surface area is 180 Å². The van der Waals surface area contributed by atoms with Gasteiger partial charge in [-0.05, 0) is 30.4 Å². The van der Waals surface area contributed by atoms with E-state index < -0.39 is 33.0 Å². The molecule has 27 heavy (non-hydrogen) atoms. The molecule has 1 rings (SSSR count). The van der Waals surface area contributed by atoms with Crippen LogP contribution in [-0.4, -0.2) is 21.0 Å². The third kappa shape index (κ3) is 7.69. The number of hydrogen-bond donors (Lipinski definition) is 3. The summed E-state index contributed by atoms with van der Waals surface area (Å²) in [4.78, 5) is 12.1. The quantitative estimate of drug-likeness (QED) is 0.301. The Morgan fingerprint density at radius 1 is 1.11 bits per heavy atom. The lowest BCUT2D eigenvalue weighted by molar-refractivity contribution is -0.137. The standard InChI is InChI=1S/C15H16Cl4F3N3OS/c1-13(2,3)11(26)24-10(14(17,18)19)25-12(27)23-9-6-7(15(20,21)22)4-5-8(9)16/h4-6,10H,1-3H3,(H,24,26)(H2,23,25,27). The van der Waals surface area contributed by atoms with Gasteiger partial charge in [0.15, 0.2) is 5.11 Å². The second-order valence-electron chi connectivity index (χ2n) is 6.49. The number of anilines is 1. The van der Waals surface area contributed by atoms with Crippen molar-refractivity contribution in [3.63, 3.8) is 0 Å². The lowest BCUT2D eigenvalue weighted by Gasteiger charge is -2.30. The van der Waals surface area contributed by atoms with Crippen molar-refractivity contribution in [2.24, 2.45) is 5.41 Å². The molecule has 0 fully saturated rings. The van der Waals surface area contributed by atoms with Gasteiger partial charge in [0.1, 0.15) is 6.17 Å². The van der Waals surface area contributed by atoms with Gasteiger partial charge >= 0.3 is 6.18 Å². The van der Waals surface area contributed by atoms with Crippen LogP contribution in [0.4, 0.5) is 18.9 Å². The molecule has 1 unspecified atom stereocenters. The number of benzene rings is 1. The number of carbonyl (C=O) groups is 1. The van der Waals surface area contributed by atoms with Crippen LogP contribution in [-0.2, 0) is 11.0 Å². The third-order valence-electron chi connectivity index (χ3n) is 3.10. The summed E-state index contributed by atoms with van der Waals surface area (Å²) >= 11 is 28.5. The smallest absolute Gasteiger partial charge is 0.339 e. The van der Waals surface area contributed by atoms with E-state index in [0.29, 0.717) is 0 Å². The second kappa shape index (κ2) is 8.78. The predicted molar refractivity (Wildman–Crippen MR) is 107 cm³/mol. The topological polar surface area (TPSA) is 53.2 Å². The number of carbonyl (C=O) groups excluding carboxylic acids is 1. The van der Waals surface area contributed by atoms with Crippen LogP contribution >= 0.6 is 58.6 Å². The number of hydrogen-bond acceptors (Lipinski definition) is 2. The van der Waals surface area contributed by atoms with Crippen LogP contribution in [0.15, 0.2) is 18.2 Å². The van der Waals surface area contributed by atoms with E-state index in [9.17, 15) is 18.0 Å². The minimum atomic E-state index is -4.56. The van der Waals surface area contributed by atoms with Crippen molar-refractivity contribution in [2.75, 3.05) is 5.32 Å². The molecule has 0 spiro atoms. The summed E-state index contributed by atoms with van der Waals surface area (Å²) in [6.45, 7) is 4.95. The van der Waals surface area contributed by atoms with Gasteiger partial charge < -0.3 is 16.0 Å². The molecular formula is C15H16Cl4F3N3OS. The molecule has 1 aromatic carbocycles. The van der Waals surface area contributed by atoms with Crippen LogP contribution in [0, 0.1) is 5.41 Å². The highest BCUT2D eigenvalue weighted by atomic mass is 35.6. The van der Waals surface area contributed by atoms with E-state index in [0.717, 1.165) is 18.2 Å². The van der Waals surface area contributed by atoms with Crippen molar-refractivity contribution in [3.05, 3.63) is 28.8 Å². The Morgan fingerprint density at radius 3 is 2.11 bits per heavy atom. The first kappa shape index (κ1) is 24.4. The maximum Gasteiger partial charge on any atom is 0.416 e. The van der Waals surface area contributed by atoms with Crippen molar-refractivity contribution in [2.45, 2.75) is 36.9 Å². The largest absolute Gasteiger partial charge is 0.416 e. The summed E-state index contributed by atoms with van der Waals surface area (Å²) in [5, 5.41) is 7.31. The normalized spacial score (nSPS) is 13.7. The summed E-state index contributed by atoms with van der Waals surface area (Å²) < 4.78 is 36.5. The highest BCUT2D eigenvalue weighted by molar-refractivity contribution is 7.80. The zero-order chi connectivity index (χ0) is 21.2. The fraction of sp³-hybridized carbons (Fsp3) is 0.467. The molecule has 3 N–H and O–H groups in total. The van der Waals surface area contributed by atoms with Crippen molar-refractivity contribution < 1.29 is 18.0 Å². The Hall–Kier alpha value is -0.670. The number of alkyl halides is 6. The van der Waals surface area contributed by atoms with E-state index >= 15 is 0 Å². The van der Waals surface area contributed by atoms with Crippen LogP contribution in [0.5, 0.6) is 0 Å². The van der Waals surface area contributed by atoms with Crippen molar-refractivity contribution in [1.29, 1.82) is 0 Å². The first-order chi connectivity index (χ1) is 12.0. The molecule has 0 radical (unpaired) electrons. The molecule has 12 heteroatoms. The van der Waals surface area contributed by atoms with Crippen LogP contribution in [0.2, 0.25) is 5.02 Å². The molecule has 1 aromatic rings. The summed E-state index contributed by atoms with van der Waals surface area (Å²) in [5.41, 5.74) is -1.81. The highest BCUT2D eigenvalue weighted by Crippen LogP contribution is 2.34. The Morgan fingerprint density at radius 2 is 1.67 bits per heavy atom. The molecule has 1 atom stereocenters. The molecule has 4 nitrogen and oxygen atoms in total. The molecule has 1 amide bonds. The summed E-state index contributed by atoms with van der Waals surface area (Å²) in [5.74, 6) is -0.439. The van der Waals surface area contributed by atoms with E-state index in [4.69, 9.17) is 58.6 Å². The number of thiocarbonyl (C=S) groups is 1. The molecule has 0 heterocycles. The van der Waals surface area contributed by atoms with Crippen molar-refractivity contribution in [1.82, 2.24) is 10.6 Å². The number of nitrogens with one attached hydrogen (secondary N) is 3. The minimum absolute atomic E-state index is 0.00342. The third-order valence-corrected chi connectivity index (χ3v) is 4.31. The average Bonchev–Trinajstić information content (AvgIpc) is 2.45. The van der Waals surface area contributed by atoms with Gasteiger partial charge in [0.25, 0.3) is 0 Å². The summed E-state index contributed by atoms with van der Waals surface area (Å²) in [6, 6.07) is 2.69. The van der Waals surface area contributed by atoms with Crippen LogP contribution in [0.3, 0.4) is 0 Å². The monoisotopic (exact) mass is 483 g/mol. The maximum atomic E-state index is 12.8.